The van der Waals surface area contributed by atoms with Crippen molar-refractivity contribution in [3.8, 4) is 11.5 Å². The number of amides is 1. The lowest BCUT2D eigenvalue weighted by molar-refractivity contribution is -0.307. The monoisotopic (exact) mass is 399 g/mol. The number of methoxy groups -OCH3 is 1. The van der Waals surface area contributed by atoms with E-state index in [9.17, 15) is 14.7 Å². The van der Waals surface area contributed by atoms with Gasteiger partial charge >= 0.3 is 0 Å². The molecule has 0 atom stereocenters. The first-order valence-corrected chi connectivity index (χ1v) is 8.65. The van der Waals surface area contributed by atoms with E-state index >= 15 is 0 Å². The Labute approximate surface area is 166 Å². The molecule has 0 radical (unpaired) electrons. The number of hydrogen-bond donors (Lipinski definition) is 0. The maximum absolute atomic E-state index is 12.8. The summed E-state index contributed by atoms with van der Waals surface area (Å²) in [5.41, 5.74) is 2.11. The van der Waals surface area contributed by atoms with E-state index in [1.807, 2.05) is 0 Å². The molecular formula is C20H16ClN2O5-. The second-order valence-corrected chi connectivity index (χ2v) is 6.29. The molecule has 0 aliphatic carbocycles. The molecule has 0 bridgehead atoms. The van der Waals surface area contributed by atoms with Crippen LogP contribution < -0.4 is 19.6 Å². The summed E-state index contributed by atoms with van der Waals surface area (Å²) in [6.07, 6.45) is 1.67. The molecule has 0 saturated heterocycles. The van der Waals surface area contributed by atoms with Crippen LogP contribution in [0, 0.1) is 0 Å². The van der Waals surface area contributed by atoms with E-state index in [1.165, 1.54) is 12.1 Å². The molecule has 1 heterocycles. The van der Waals surface area contributed by atoms with Gasteiger partial charge in [-0.05, 0) is 42.8 Å². The van der Waals surface area contributed by atoms with Crippen LogP contribution in [0.3, 0.4) is 0 Å². The summed E-state index contributed by atoms with van der Waals surface area (Å²) < 4.78 is 10.4. The Morgan fingerprint density at radius 2 is 2.00 bits per heavy atom. The van der Waals surface area contributed by atoms with Crippen LogP contribution in [0.15, 0.2) is 53.1 Å². The average Bonchev–Trinajstić information content (AvgIpc) is 2.95. The largest absolute Gasteiger partial charge is 0.546 e. The second kappa shape index (κ2) is 8.14. The molecule has 8 heteroatoms. The molecule has 0 unspecified atom stereocenters. The average molecular weight is 400 g/mol. The van der Waals surface area contributed by atoms with Gasteiger partial charge in [0, 0.05) is 0 Å². The van der Waals surface area contributed by atoms with Crippen molar-refractivity contribution in [2.24, 2.45) is 5.10 Å². The summed E-state index contributed by atoms with van der Waals surface area (Å²) in [5, 5.41) is 16.6. The Kier molecular flexibility index (Phi) is 5.65. The van der Waals surface area contributed by atoms with Crippen molar-refractivity contribution < 1.29 is 24.2 Å². The molecule has 0 saturated carbocycles. The number of carbonyl (C=O) groups is 2. The number of carboxylic acids is 1. The van der Waals surface area contributed by atoms with Crippen LogP contribution >= 0.6 is 11.6 Å². The second-order valence-electron chi connectivity index (χ2n) is 5.88. The fourth-order valence-corrected chi connectivity index (χ4v) is 2.88. The van der Waals surface area contributed by atoms with E-state index in [2.05, 4.69) is 5.10 Å². The quantitative estimate of drug-likeness (QED) is 0.695. The maximum Gasteiger partial charge on any atom is 0.280 e. The number of benzene rings is 2. The zero-order chi connectivity index (χ0) is 20.3. The van der Waals surface area contributed by atoms with Crippen molar-refractivity contribution in [2.45, 2.75) is 6.92 Å². The van der Waals surface area contributed by atoms with Gasteiger partial charge in [-0.3, -0.25) is 4.79 Å². The molecule has 2 aromatic rings. The fraction of sp³-hybridized carbons (Fsp3) is 0.150. The molecule has 144 valence electrons. The van der Waals surface area contributed by atoms with Crippen molar-refractivity contribution in [2.75, 3.05) is 18.7 Å². The number of nitrogens with zero attached hydrogens (tertiary/aromatic N) is 2. The number of hydrogen-bond acceptors (Lipinski definition) is 6. The van der Waals surface area contributed by atoms with E-state index in [4.69, 9.17) is 21.1 Å². The third-order valence-corrected chi connectivity index (χ3v) is 4.31. The summed E-state index contributed by atoms with van der Waals surface area (Å²) >= 11 is 6.17. The SMILES string of the molecule is COc1cc(/C=C2\C(=O)N(c3ccccc3Cl)N=C2C)ccc1OCC(=O)[O-]. The molecule has 0 aromatic heterocycles. The number of aliphatic carboxylic acids is 1. The van der Waals surface area contributed by atoms with E-state index in [0.29, 0.717) is 33.3 Å². The topological polar surface area (TPSA) is 91.3 Å². The molecule has 28 heavy (non-hydrogen) atoms. The number of anilines is 1. The molecule has 1 aliphatic heterocycles. The molecule has 0 N–H and O–H groups in total. The number of carboxylic acid groups (broad SMARTS) is 1. The molecule has 0 fully saturated rings. The van der Waals surface area contributed by atoms with Crippen molar-refractivity contribution >= 4 is 41.0 Å². The van der Waals surface area contributed by atoms with Crippen LogP contribution in [0.5, 0.6) is 11.5 Å². The van der Waals surface area contributed by atoms with Gasteiger partial charge in [0.15, 0.2) is 11.5 Å². The lowest BCUT2D eigenvalue weighted by Gasteiger charge is -2.13. The molecule has 1 amide bonds. The zero-order valence-electron chi connectivity index (χ0n) is 15.1. The number of halogens is 1. The number of hydrazone groups is 1. The van der Waals surface area contributed by atoms with Gasteiger partial charge in [0.05, 0.1) is 35.1 Å². The van der Waals surface area contributed by atoms with Crippen molar-refractivity contribution in [1.82, 2.24) is 0 Å². The van der Waals surface area contributed by atoms with Gasteiger partial charge in [0.2, 0.25) is 0 Å². The summed E-state index contributed by atoms with van der Waals surface area (Å²) in [6, 6.07) is 11.8. The molecule has 1 aliphatic rings. The summed E-state index contributed by atoms with van der Waals surface area (Å²) in [7, 11) is 1.44. The predicted molar refractivity (Wildman–Crippen MR) is 104 cm³/mol. The summed E-state index contributed by atoms with van der Waals surface area (Å²) in [4.78, 5) is 23.4. The molecule has 3 rings (SSSR count). The Morgan fingerprint density at radius 3 is 2.68 bits per heavy atom. The van der Waals surface area contributed by atoms with Gasteiger partial charge < -0.3 is 19.4 Å². The van der Waals surface area contributed by atoms with Crippen LogP contribution in [-0.4, -0.2) is 31.3 Å². The highest BCUT2D eigenvalue weighted by atomic mass is 35.5. The standard InChI is InChI=1S/C20H17ClN2O5/c1-12-14(20(26)23(22-12)16-6-4-3-5-15(16)21)9-13-7-8-17(18(10-13)27-2)28-11-19(24)25/h3-10H,11H2,1-2H3,(H,24,25)/p-1/b14-9-. The van der Waals surface area contributed by atoms with E-state index in [1.54, 1.807) is 55.5 Å². The minimum atomic E-state index is -1.34. The van der Waals surface area contributed by atoms with Crippen LogP contribution in [0.1, 0.15) is 12.5 Å². The van der Waals surface area contributed by atoms with Crippen LogP contribution in [0.2, 0.25) is 5.02 Å². The number of carbonyl (C=O) groups excluding carboxylic acids is 2. The first-order chi connectivity index (χ1) is 13.4. The van der Waals surface area contributed by atoms with Gasteiger partial charge in [0.25, 0.3) is 5.91 Å². The zero-order valence-corrected chi connectivity index (χ0v) is 15.9. The van der Waals surface area contributed by atoms with Gasteiger partial charge in [-0.1, -0.05) is 29.8 Å². The normalized spacial score (nSPS) is 15.0. The first-order valence-electron chi connectivity index (χ1n) is 8.27. The highest BCUT2D eigenvalue weighted by Crippen LogP contribution is 2.32. The Morgan fingerprint density at radius 1 is 1.25 bits per heavy atom. The van der Waals surface area contributed by atoms with Gasteiger partial charge in [0.1, 0.15) is 6.61 Å². The lowest BCUT2D eigenvalue weighted by Crippen LogP contribution is -2.29. The third-order valence-electron chi connectivity index (χ3n) is 3.99. The Bertz CT molecular complexity index is 1000. The van der Waals surface area contributed by atoms with Crippen molar-refractivity contribution in [3.05, 3.63) is 58.6 Å². The first kappa shape index (κ1) is 19.4. The van der Waals surface area contributed by atoms with E-state index < -0.39 is 12.6 Å². The predicted octanol–water partition coefficient (Wildman–Crippen LogP) is 2.28. The molecular weight excluding hydrogens is 384 g/mol. The van der Waals surface area contributed by atoms with E-state index in [-0.39, 0.29) is 11.7 Å². The summed E-state index contributed by atoms with van der Waals surface area (Å²) in [6.45, 7) is 1.14. The Balaban J connectivity index is 1.89. The molecule has 0 spiro atoms. The van der Waals surface area contributed by atoms with Crippen molar-refractivity contribution in [1.29, 1.82) is 0 Å². The minimum Gasteiger partial charge on any atom is -0.546 e. The molecule has 2 aromatic carbocycles. The van der Waals surface area contributed by atoms with Crippen molar-refractivity contribution in [3.63, 3.8) is 0 Å². The Hall–Kier alpha value is -3.32. The lowest BCUT2D eigenvalue weighted by atomic mass is 10.1. The number of para-hydroxylation sites is 1. The van der Waals surface area contributed by atoms with Gasteiger partial charge in [-0.2, -0.15) is 10.1 Å². The smallest absolute Gasteiger partial charge is 0.280 e. The van der Waals surface area contributed by atoms with Gasteiger partial charge in [-0.25, -0.2) is 0 Å². The van der Waals surface area contributed by atoms with Crippen LogP contribution in [-0.2, 0) is 9.59 Å². The van der Waals surface area contributed by atoms with Crippen LogP contribution in [0.4, 0.5) is 5.69 Å². The highest BCUT2D eigenvalue weighted by Gasteiger charge is 2.29. The number of rotatable bonds is 6. The molecule has 7 nitrogen and oxygen atoms in total. The fourth-order valence-electron chi connectivity index (χ4n) is 2.67. The maximum atomic E-state index is 12.8. The number of ether oxygens (including phenoxy) is 2. The van der Waals surface area contributed by atoms with Crippen LogP contribution in [0.25, 0.3) is 6.08 Å². The minimum absolute atomic E-state index is 0.259. The van der Waals surface area contributed by atoms with E-state index in [0.717, 1.165) is 0 Å². The third kappa shape index (κ3) is 3.99. The van der Waals surface area contributed by atoms with Gasteiger partial charge in [-0.15, -0.1) is 0 Å². The summed E-state index contributed by atoms with van der Waals surface area (Å²) in [5.74, 6) is -1.05. The highest BCUT2D eigenvalue weighted by molar-refractivity contribution is 6.37.